The monoisotopic (exact) mass is 171 g/mol. The Labute approximate surface area is 66.4 Å². The van der Waals surface area contributed by atoms with Gasteiger partial charge >= 0.3 is 6.61 Å². The number of ether oxygens (including phenoxy) is 1. The minimum absolute atomic E-state index is 0.201. The van der Waals surface area contributed by atoms with Crippen molar-refractivity contribution in [3.63, 3.8) is 0 Å². The van der Waals surface area contributed by atoms with E-state index < -0.39 is 6.61 Å². The third-order valence-corrected chi connectivity index (χ3v) is 0.940. The van der Waals surface area contributed by atoms with E-state index in [0.29, 0.717) is 0 Å². The quantitative estimate of drug-likeness (QED) is 0.664. The number of nitriles is 1. The largest absolute Gasteiger partial charge is 0.417 e. The molecular formula is C6H3F2N3O. The SMILES string of the molecule is N#Cc1nccc(OC(F)F)n1. The van der Waals surface area contributed by atoms with Crippen molar-refractivity contribution in [2.24, 2.45) is 0 Å². The van der Waals surface area contributed by atoms with Gasteiger partial charge in [0, 0.05) is 12.3 Å². The Morgan fingerprint density at radius 1 is 1.58 bits per heavy atom. The summed E-state index contributed by atoms with van der Waals surface area (Å²) in [6.07, 6.45) is 1.17. The normalized spacial score (nSPS) is 9.50. The second-order valence-electron chi connectivity index (χ2n) is 1.71. The molecule has 0 amide bonds. The summed E-state index contributed by atoms with van der Waals surface area (Å²) >= 11 is 0. The first kappa shape index (κ1) is 8.33. The molecule has 1 heterocycles. The van der Waals surface area contributed by atoms with Crippen LogP contribution in [0.15, 0.2) is 12.3 Å². The highest BCUT2D eigenvalue weighted by molar-refractivity contribution is 5.16. The maximum atomic E-state index is 11.6. The fraction of sp³-hybridized carbons (Fsp3) is 0.167. The molecule has 0 fully saturated rings. The number of rotatable bonds is 2. The van der Waals surface area contributed by atoms with Crippen molar-refractivity contribution < 1.29 is 13.5 Å². The Morgan fingerprint density at radius 2 is 2.33 bits per heavy atom. The Morgan fingerprint density at radius 3 is 2.92 bits per heavy atom. The van der Waals surface area contributed by atoms with E-state index in [2.05, 4.69) is 14.7 Å². The molecule has 0 unspecified atom stereocenters. The van der Waals surface area contributed by atoms with Gasteiger partial charge in [0.15, 0.2) is 0 Å². The number of alkyl halides is 2. The lowest BCUT2D eigenvalue weighted by atomic mass is 10.6. The first-order valence-electron chi connectivity index (χ1n) is 2.90. The Kier molecular flexibility index (Phi) is 2.48. The van der Waals surface area contributed by atoms with Gasteiger partial charge in [-0.25, -0.2) is 4.98 Å². The van der Waals surface area contributed by atoms with Crippen LogP contribution in [-0.4, -0.2) is 16.6 Å². The number of hydrogen-bond acceptors (Lipinski definition) is 4. The molecule has 4 nitrogen and oxygen atoms in total. The first-order chi connectivity index (χ1) is 5.72. The molecule has 0 saturated heterocycles. The predicted octanol–water partition coefficient (Wildman–Crippen LogP) is 0.950. The van der Waals surface area contributed by atoms with Gasteiger partial charge in [0.2, 0.25) is 11.7 Å². The molecule has 6 heteroatoms. The van der Waals surface area contributed by atoms with Gasteiger partial charge < -0.3 is 4.74 Å². The summed E-state index contributed by atoms with van der Waals surface area (Å²) in [6, 6.07) is 2.74. The van der Waals surface area contributed by atoms with E-state index in [1.54, 1.807) is 6.07 Å². The van der Waals surface area contributed by atoms with Crippen LogP contribution >= 0.6 is 0 Å². The van der Waals surface area contributed by atoms with Crippen molar-refractivity contribution in [2.75, 3.05) is 0 Å². The van der Waals surface area contributed by atoms with Gasteiger partial charge in [-0.15, -0.1) is 0 Å². The highest BCUT2D eigenvalue weighted by atomic mass is 19.3. The fourth-order valence-electron chi connectivity index (χ4n) is 0.553. The van der Waals surface area contributed by atoms with Crippen LogP contribution in [0.1, 0.15) is 5.82 Å². The van der Waals surface area contributed by atoms with Gasteiger partial charge in [0.25, 0.3) is 0 Å². The molecule has 12 heavy (non-hydrogen) atoms. The summed E-state index contributed by atoms with van der Waals surface area (Å²) in [6.45, 7) is -2.94. The predicted molar refractivity (Wildman–Crippen MR) is 33.4 cm³/mol. The van der Waals surface area contributed by atoms with E-state index in [-0.39, 0.29) is 11.7 Å². The molecule has 0 radical (unpaired) electrons. The summed E-state index contributed by atoms with van der Waals surface area (Å²) in [7, 11) is 0. The zero-order valence-electron chi connectivity index (χ0n) is 5.74. The van der Waals surface area contributed by atoms with Crippen molar-refractivity contribution in [1.82, 2.24) is 9.97 Å². The smallest absolute Gasteiger partial charge is 0.388 e. The second kappa shape index (κ2) is 3.57. The van der Waals surface area contributed by atoms with Gasteiger partial charge in [0.05, 0.1) is 0 Å². The molecule has 0 aromatic carbocycles. The molecule has 1 aromatic rings. The van der Waals surface area contributed by atoms with E-state index in [1.165, 1.54) is 6.20 Å². The Hall–Kier alpha value is -1.77. The topological polar surface area (TPSA) is 58.8 Å². The third kappa shape index (κ3) is 2.12. The summed E-state index contributed by atoms with van der Waals surface area (Å²) in [5.74, 6) is -0.510. The Balaban J connectivity index is 2.81. The standard InChI is InChI=1S/C6H3F2N3O/c7-6(8)12-5-1-2-10-4(3-9)11-5/h1-2,6H. The molecule has 0 atom stereocenters. The summed E-state index contributed by atoms with van der Waals surface area (Å²) < 4.78 is 27.1. The van der Waals surface area contributed by atoms with E-state index in [0.717, 1.165) is 6.07 Å². The zero-order chi connectivity index (χ0) is 8.97. The minimum atomic E-state index is -2.94. The van der Waals surface area contributed by atoms with Crippen molar-refractivity contribution >= 4 is 0 Å². The van der Waals surface area contributed by atoms with Crippen molar-refractivity contribution in [3.8, 4) is 11.9 Å². The molecule has 0 bridgehead atoms. The van der Waals surface area contributed by atoms with Crippen molar-refractivity contribution in [2.45, 2.75) is 6.61 Å². The average molecular weight is 171 g/mol. The van der Waals surface area contributed by atoms with Gasteiger partial charge in [-0.1, -0.05) is 0 Å². The lowest BCUT2D eigenvalue weighted by molar-refractivity contribution is -0.0529. The van der Waals surface area contributed by atoms with Gasteiger partial charge in [-0.3, -0.25) is 0 Å². The highest BCUT2D eigenvalue weighted by Gasteiger charge is 2.05. The van der Waals surface area contributed by atoms with Crippen LogP contribution in [0.4, 0.5) is 8.78 Å². The lowest BCUT2D eigenvalue weighted by Crippen LogP contribution is -2.04. The lowest BCUT2D eigenvalue weighted by Gasteiger charge is -2.00. The summed E-state index contributed by atoms with van der Waals surface area (Å²) in [5.41, 5.74) is 0. The molecule has 0 N–H and O–H groups in total. The number of nitrogens with zero attached hydrogens (tertiary/aromatic N) is 3. The van der Waals surface area contributed by atoms with E-state index in [4.69, 9.17) is 5.26 Å². The zero-order valence-corrected chi connectivity index (χ0v) is 5.74. The fourth-order valence-corrected chi connectivity index (χ4v) is 0.553. The van der Waals surface area contributed by atoms with Crippen molar-refractivity contribution in [1.29, 1.82) is 5.26 Å². The maximum absolute atomic E-state index is 11.6. The highest BCUT2D eigenvalue weighted by Crippen LogP contribution is 2.08. The molecule has 1 rings (SSSR count). The van der Waals surface area contributed by atoms with Crippen LogP contribution in [0.25, 0.3) is 0 Å². The van der Waals surface area contributed by atoms with E-state index in [9.17, 15) is 8.78 Å². The first-order valence-corrected chi connectivity index (χ1v) is 2.90. The third-order valence-electron chi connectivity index (χ3n) is 0.940. The van der Waals surface area contributed by atoms with Crippen LogP contribution in [0, 0.1) is 11.3 Å². The molecule has 0 spiro atoms. The van der Waals surface area contributed by atoms with Gasteiger partial charge in [-0.2, -0.15) is 19.0 Å². The molecule has 0 aliphatic heterocycles. The second-order valence-corrected chi connectivity index (χ2v) is 1.71. The molecule has 1 aromatic heterocycles. The average Bonchev–Trinajstić information content (AvgIpc) is 2.03. The molecular weight excluding hydrogens is 168 g/mol. The summed E-state index contributed by atoms with van der Waals surface area (Å²) in [4.78, 5) is 6.82. The van der Waals surface area contributed by atoms with Crippen LogP contribution < -0.4 is 4.74 Å². The molecule has 0 aliphatic carbocycles. The molecule has 0 saturated carbocycles. The molecule has 0 aliphatic rings. The van der Waals surface area contributed by atoms with Gasteiger partial charge in [-0.05, 0) is 0 Å². The van der Waals surface area contributed by atoms with Crippen molar-refractivity contribution in [3.05, 3.63) is 18.1 Å². The van der Waals surface area contributed by atoms with Crippen LogP contribution in [-0.2, 0) is 0 Å². The number of aromatic nitrogens is 2. The van der Waals surface area contributed by atoms with Crippen LogP contribution in [0.2, 0.25) is 0 Å². The minimum Gasteiger partial charge on any atom is -0.417 e. The van der Waals surface area contributed by atoms with Crippen LogP contribution in [0.3, 0.4) is 0 Å². The summed E-state index contributed by atoms with van der Waals surface area (Å²) in [5, 5.41) is 8.28. The van der Waals surface area contributed by atoms with Gasteiger partial charge in [0.1, 0.15) is 6.07 Å². The Bertz CT molecular complexity index is 310. The number of halogens is 2. The maximum Gasteiger partial charge on any atom is 0.388 e. The van der Waals surface area contributed by atoms with E-state index in [1.807, 2.05) is 0 Å². The van der Waals surface area contributed by atoms with E-state index >= 15 is 0 Å². The van der Waals surface area contributed by atoms with Crippen LogP contribution in [0.5, 0.6) is 5.88 Å². The molecule has 62 valence electrons. The number of hydrogen-bond donors (Lipinski definition) is 0.